The summed E-state index contributed by atoms with van der Waals surface area (Å²) in [5.74, 6) is 1.55. The van der Waals surface area contributed by atoms with Crippen molar-refractivity contribution in [2.75, 3.05) is 24.8 Å². The molecule has 7 heteroatoms. The zero-order valence-corrected chi connectivity index (χ0v) is 13.3. The van der Waals surface area contributed by atoms with Crippen molar-refractivity contribution in [3.63, 3.8) is 0 Å². The van der Waals surface area contributed by atoms with Crippen molar-refractivity contribution >= 4 is 36.2 Å². The summed E-state index contributed by atoms with van der Waals surface area (Å²) in [5.41, 5.74) is 6.46. The highest BCUT2D eigenvalue weighted by Gasteiger charge is 2.12. The van der Waals surface area contributed by atoms with Crippen molar-refractivity contribution in [2.24, 2.45) is 0 Å². The first kappa shape index (κ1) is 17.3. The molecule has 116 valence electrons. The number of hydrogen-bond donors (Lipinski definition) is 3. The largest absolute Gasteiger partial charge is 0.497 e. The van der Waals surface area contributed by atoms with Gasteiger partial charge in [0.2, 0.25) is 5.95 Å². The number of aromatic nitrogens is 2. The highest BCUT2D eigenvalue weighted by molar-refractivity contribution is 7.59. The Labute approximate surface area is 131 Å². The molecule has 4 N–H and O–H groups in total. The van der Waals surface area contributed by atoms with E-state index < -0.39 is 0 Å². The predicted octanol–water partition coefficient (Wildman–Crippen LogP) is 1.91. The molecule has 0 unspecified atom stereocenters. The van der Waals surface area contributed by atoms with Gasteiger partial charge in [0, 0.05) is 11.5 Å². The summed E-state index contributed by atoms with van der Waals surface area (Å²) < 4.78 is 5.18. The molecule has 21 heavy (non-hydrogen) atoms. The summed E-state index contributed by atoms with van der Waals surface area (Å²) in [6.07, 6.45) is 1.84. The molecule has 1 heterocycles. The van der Waals surface area contributed by atoms with Crippen LogP contribution in [-0.2, 0) is 0 Å². The fourth-order valence-electron chi connectivity index (χ4n) is 2.12. The maximum atomic E-state index is 9.38. The second-order valence-corrected chi connectivity index (χ2v) is 4.63. The van der Waals surface area contributed by atoms with E-state index in [1.54, 1.807) is 7.11 Å². The average Bonchev–Trinajstić information content (AvgIpc) is 2.45. The third kappa shape index (κ3) is 4.12. The quantitative estimate of drug-likeness (QED) is 0.754. The van der Waals surface area contributed by atoms with E-state index in [2.05, 4.69) is 22.2 Å². The first-order valence-electron chi connectivity index (χ1n) is 6.66. The lowest BCUT2D eigenvalue weighted by atomic mass is 10.1. The molecule has 6 nitrogen and oxygen atoms in total. The van der Waals surface area contributed by atoms with Crippen LogP contribution in [-0.4, -0.2) is 34.8 Å². The second kappa shape index (κ2) is 7.90. The van der Waals surface area contributed by atoms with Crippen molar-refractivity contribution < 1.29 is 9.84 Å². The fourth-order valence-corrected chi connectivity index (χ4v) is 2.12. The minimum atomic E-state index is -0.0420. The molecule has 0 saturated carbocycles. The summed E-state index contributed by atoms with van der Waals surface area (Å²) >= 11 is 0. The number of nitrogens with zero attached hydrogens (tertiary/aromatic N) is 2. The van der Waals surface area contributed by atoms with Gasteiger partial charge < -0.3 is 20.9 Å². The number of nitrogen functional groups attached to an aromatic ring is 1. The lowest BCUT2D eigenvalue weighted by Crippen LogP contribution is -2.24. The molecule has 0 saturated heterocycles. The monoisotopic (exact) mass is 310 g/mol. The zero-order valence-electron chi connectivity index (χ0n) is 12.3. The Balaban J connectivity index is 0.00000220. The van der Waals surface area contributed by atoms with Gasteiger partial charge in [0.15, 0.2) is 0 Å². The Bertz CT molecular complexity index is 594. The number of rotatable bonds is 6. The number of methoxy groups -OCH3 is 1. The van der Waals surface area contributed by atoms with Crippen LogP contribution in [0.2, 0.25) is 0 Å². The molecule has 0 bridgehead atoms. The van der Waals surface area contributed by atoms with E-state index in [0.717, 1.165) is 18.2 Å². The van der Waals surface area contributed by atoms with E-state index in [9.17, 15) is 5.11 Å². The van der Waals surface area contributed by atoms with Crippen LogP contribution in [0.25, 0.3) is 10.9 Å². The van der Waals surface area contributed by atoms with Crippen LogP contribution < -0.4 is 15.8 Å². The van der Waals surface area contributed by atoms with Crippen LogP contribution in [0, 0.1) is 0 Å². The molecule has 0 aliphatic heterocycles. The van der Waals surface area contributed by atoms with Gasteiger partial charge in [-0.1, -0.05) is 13.3 Å². The van der Waals surface area contributed by atoms with Crippen molar-refractivity contribution in [1.82, 2.24) is 9.97 Å². The summed E-state index contributed by atoms with van der Waals surface area (Å²) in [4.78, 5) is 8.44. The number of anilines is 2. The molecule has 0 aliphatic rings. The molecule has 0 aliphatic carbocycles. The lowest BCUT2D eigenvalue weighted by molar-refractivity contribution is 0.268. The van der Waals surface area contributed by atoms with E-state index in [-0.39, 0.29) is 32.1 Å². The average molecular weight is 310 g/mol. The Morgan fingerprint density at radius 1 is 1.38 bits per heavy atom. The topological polar surface area (TPSA) is 93.3 Å². The van der Waals surface area contributed by atoms with Gasteiger partial charge in [-0.3, -0.25) is 0 Å². The Hall–Kier alpha value is -1.73. The third-order valence-corrected chi connectivity index (χ3v) is 3.12. The van der Waals surface area contributed by atoms with Crippen LogP contribution in [0.1, 0.15) is 19.8 Å². The number of hydrogen-bond acceptors (Lipinski definition) is 6. The summed E-state index contributed by atoms with van der Waals surface area (Å²) in [7, 11) is 1.61. The maximum Gasteiger partial charge on any atom is 0.222 e. The van der Waals surface area contributed by atoms with E-state index >= 15 is 0 Å². The van der Waals surface area contributed by atoms with Crippen LogP contribution in [0.15, 0.2) is 18.2 Å². The maximum absolute atomic E-state index is 9.38. The van der Waals surface area contributed by atoms with Gasteiger partial charge in [-0.15, -0.1) is 0 Å². The number of nitrogens with one attached hydrogen (secondary N) is 1. The van der Waals surface area contributed by atoms with E-state index in [4.69, 9.17) is 10.5 Å². The van der Waals surface area contributed by atoms with E-state index in [0.29, 0.717) is 17.1 Å². The molecule has 1 aromatic carbocycles. The summed E-state index contributed by atoms with van der Waals surface area (Å²) in [6, 6.07) is 5.50. The molecule has 0 radical (unpaired) electrons. The molecule has 2 rings (SSSR count). The van der Waals surface area contributed by atoms with Gasteiger partial charge >= 0.3 is 0 Å². The van der Waals surface area contributed by atoms with Gasteiger partial charge in [-0.2, -0.15) is 18.5 Å². The Morgan fingerprint density at radius 2 is 2.14 bits per heavy atom. The van der Waals surface area contributed by atoms with Gasteiger partial charge in [0.05, 0.1) is 25.3 Å². The first-order valence-corrected chi connectivity index (χ1v) is 6.66. The normalized spacial score (nSPS) is 11.8. The van der Waals surface area contributed by atoms with Gasteiger partial charge in [0.25, 0.3) is 0 Å². The summed E-state index contributed by atoms with van der Waals surface area (Å²) in [5, 5.41) is 13.5. The van der Waals surface area contributed by atoms with E-state index in [1.165, 1.54) is 0 Å². The molecule has 1 aromatic heterocycles. The molecule has 1 atom stereocenters. The van der Waals surface area contributed by atoms with Crippen molar-refractivity contribution in [1.29, 1.82) is 0 Å². The second-order valence-electron chi connectivity index (χ2n) is 4.63. The van der Waals surface area contributed by atoms with Crippen LogP contribution in [0.4, 0.5) is 11.8 Å². The third-order valence-electron chi connectivity index (χ3n) is 3.12. The van der Waals surface area contributed by atoms with Crippen LogP contribution in [0.5, 0.6) is 5.75 Å². The van der Waals surface area contributed by atoms with E-state index in [1.807, 2.05) is 18.2 Å². The van der Waals surface area contributed by atoms with Crippen molar-refractivity contribution in [3.8, 4) is 5.75 Å². The minimum absolute atomic E-state index is 0. The molecule has 0 fully saturated rings. The molecular formula is C14H22N4O2S. The molecule has 2 aromatic rings. The number of fused-ring (bicyclic) bond motifs is 1. The molecule has 0 amide bonds. The smallest absolute Gasteiger partial charge is 0.222 e. The molecular weight excluding hydrogens is 288 g/mol. The van der Waals surface area contributed by atoms with Crippen molar-refractivity contribution in [2.45, 2.75) is 25.8 Å². The Morgan fingerprint density at radius 3 is 2.76 bits per heavy atom. The minimum Gasteiger partial charge on any atom is -0.497 e. The number of ether oxygens (including phenoxy) is 1. The number of benzene rings is 1. The SMILES string of the molecule is CCC[C@@H](CO)Nc1nc(N)nc2cc(OC)ccc12.S. The van der Waals surface area contributed by atoms with Crippen LogP contribution >= 0.6 is 13.5 Å². The lowest BCUT2D eigenvalue weighted by Gasteiger charge is -2.17. The Kier molecular flexibility index (Phi) is 6.51. The first-order chi connectivity index (χ1) is 9.67. The summed E-state index contributed by atoms with van der Waals surface area (Å²) in [6.45, 7) is 2.12. The predicted molar refractivity (Wildman–Crippen MR) is 90.3 cm³/mol. The van der Waals surface area contributed by atoms with Crippen LogP contribution in [0.3, 0.4) is 0 Å². The van der Waals surface area contributed by atoms with Gasteiger partial charge in [-0.05, 0) is 18.6 Å². The van der Waals surface area contributed by atoms with Gasteiger partial charge in [-0.25, -0.2) is 4.98 Å². The standard InChI is InChI=1S/C14H20N4O2.H2S/c1-3-4-9(8-19)16-13-11-6-5-10(20-2)7-12(11)17-14(15)18-13;/h5-7,9,19H,3-4,8H2,1-2H3,(H3,15,16,17,18);1H2/t9-;/m0./s1. The molecule has 0 spiro atoms. The van der Waals surface area contributed by atoms with Gasteiger partial charge in [0.1, 0.15) is 11.6 Å². The fraction of sp³-hybridized carbons (Fsp3) is 0.429. The number of aliphatic hydroxyl groups is 1. The zero-order chi connectivity index (χ0) is 14.5. The number of nitrogens with two attached hydrogens (primary N) is 1. The highest BCUT2D eigenvalue weighted by atomic mass is 32.1. The number of aliphatic hydroxyl groups excluding tert-OH is 1. The highest BCUT2D eigenvalue weighted by Crippen LogP contribution is 2.26. The van der Waals surface area contributed by atoms with Crippen molar-refractivity contribution in [3.05, 3.63) is 18.2 Å².